The van der Waals surface area contributed by atoms with E-state index in [4.69, 9.17) is 23.2 Å². The fourth-order valence-electron chi connectivity index (χ4n) is 3.13. The normalized spacial score (nSPS) is 12.2. The molecule has 0 spiro atoms. The highest BCUT2D eigenvalue weighted by Gasteiger charge is 2.31. The zero-order valence-corrected chi connectivity index (χ0v) is 19.8. The molecule has 2 aromatic carbocycles. The zero-order valence-electron chi connectivity index (χ0n) is 17.5. The molecule has 10 heteroatoms. The minimum absolute atomic E-state index is 0.0635. The van der Waals surface area contributed by atoms with E-state index < -0.39 is 28.5 Å². The highest BCUT2D eigenvalue weighted by Crippen LogP contribution is 2.24. The monoisotopic (exact) mass is 485 g/mol. The summed E-state index contributed by atoms with van der Waals surface area (Å²) in [7, 11) is -2.26. The van der Waals surface area contributed by atoms with Crippen LogP contribution in [0.4, 0.5) is 5.69 Å². The first-order valence-corrected chi connectivity index (χ1v) is 12.2. The molecule has 2 aromatic rings. The number of halogens is 2. The molecule has 168 valence electrons. The van der Waals surface area contributed by atoms with E-state index in [1.165, 1.54) is 11.9 Å². The predicted octanol–water partition coefficient (Wildman–Crippen LogP) is 3.31. The summed E-state index contributed by atoms with van der Waals surface area (Å²) in [6.07, 6.45) is 1.38. The third-order valence-corrected chi connectivity index (χ3v) is 6.57. The average Bonchev–Trinajstić information content (AvgIpc) is 2.73. The summed E-state index contributed by atoms with van der Waals surface area (Å²) in [4.78, 5) is 27.2. The van der Waals surface area contributed by atoms with Crippen LogP contribution >= 0.6 is 23.2 Å². The second-order valence-electron chi connectivity index (χ2n) is 6.91. The molecule has 7 nitrogen and oxygen atoms in total. The van der Waals surface area contributed by atoms with E-state index in [1.807, 2.05) is 0 Å². The number of benzene rings is 2. The maximum Gasteiger partial charge on any atom is 0.244 e. The molecule has 31 heavy (non-hydrogen) atoms. The summed E-state index contributed by atoms with van der Waals surface area (Å²) >= 11 is 12.1. The van der Waals surface area contributed by atoms with Crippen molar-refractivity contribution >= 4 is 50.7 Å². The predicted molar refractivity (Wildman–Crippen MR) is 124 cm³/mol. The second-order valence-corrected chi connectivity index (χ2v) is 9.63. The molecular formula is C21H25Cl2N3O4S. The molecule has 0 aliphatic heterocycles. The fourth-order valence-corrected chi connectivity index (χ4v) is 4.30. The van der Waals surface area contributed by atoms with Gasteiger partial charge in [0, 0.05) is 13.6 Å². The van der Waals surface area contributed by atoms with Gasteiger partial charge in [-0.2, -0.15) is 0 Å². The maximum atomic E-state index is 13.3. The summed E-state index contributed by atoms with van der Waals surface area (Å²) in [5, 5.41) is 3.25. The van der Waals surface area contributed by atoms with Gasteiger partial charge in [-0.3, -0.25) is 13.9 Å². The van der Waals surface area contributed by atoms with Gasteiger partial charge >= 0.3 is 0 Å². The van der Waals surface area contributed by atoms with Crippen molar-refractivity contribution < 1.29 is 18.0 Å². The van der Waals surface area contributed by atoms with E-state index in [0.29, 0.717) is 27.7 Å². The molecule has 0 saturated carbocycles. The molecule has 0 saturated heterocycles. The Morgan fingerprint density at radius 2 is 1.71 bits per heavy atom. The zero-order chi connectivity index (χ0) is 23.2. The molecule has 1 atom stereocenters. The van der Waals surface area contributed by atoms with Crippen LogP contribution in [0.1, 0.15) is 18.9 Å². The summed E-state index contributed by atoms with van der Waals surface area (Å²) in [5.74, 6) is -0.864. The Morgan fingerprint density at radius 1 is 1.06 bits per heavy atom. The molecule has 0 fully saturated rings. The highest BCUT2D eigenvalue weighted by molar-refractivity contribution is 7.92. The summed E-state index contributed by atoms with van der Waals surface area (Å²) in [5.41, 5.74) is 1.02. The molecule has 0 aliphatic rings. The van der Waals surface area contributed by atoms with Crippen molar-refractivity contribution in [2.45, 2.75) is 25.9 Å². The van der Waals surface area contributed by atoms with E-state index in [1.54, 1.807) is 55.5 Å². The topological polar surface area (TPSA) is 86.8 Å². The Hall–Kier alpha value is -2.29. The molecule has 0 aliphatic carbocycles. The van der Waals surface area contributed by atoms with Gasteiger partial charge in [-0.05, 0) is 36.2 Å². The minimum Gasteiger partial charge on any atom is -0.357 e. The van der Waals surface area contributed by atoms with Gasteiger partial charge in [0.25, 0.3) is 0 Å². The van der Waals surface area contributed by atoms with Gasteiger partial charge < -0.3 is 10.2 Å². The molecule has 1 unspecified atom stereocenters. The van der Waals surface area contributed by atoms with Gasteiger partial charge in [-0.1, -0.05) is 54.4 Å². The third kappa shape index (κ3) is 6.59. The summed E-state index contributed by atoms with van der Waals surface area (Å²) in [6.45, 7) is 1.40. The Labute approximate surface area is 193 Å². The molecule has 2 amide bonds. The summed E-state index contributed by atoms with van der Waals surface area (Å²) < 4.78 is 25.8. The van der Waals surface area contributed by atoms with Crippen molar-refractivity contribution in [3.63, 3.8) is 0 Å². The fraction of sp³-hybridized carbons (Fsp3) is 0.333. The minimum atomic E-state index is -3.74. The lowest BCUT2D eigenvalue weighted by atomic mass is 10.1. The molecule has 1 N–H and O–H groups in total. The van der Waals surface area contributed by atoms with Crippen molar-refractivity contribution in [2.75, 3.05) is 24.2 Å². The largest absolute Gasteiger partial charge is 0.357 e. The Kier molecular flexibility index (Phi) is 8.73. The third-order valence-electron chi connectivity index (χ3n) is 4.69. The van der Waals surface area contributed by atoms with Crippen LogP contribution in [-0.2, 0) is 26.2 Å². The molecule has 2 rings (SSSR count). The number of sulfonamides is 1. The number of para-hydroxylation sites is 1. The van der Waals surface area contributed by atoms with Gasteiger partial charge in [-0.15, -0.1) is 0 Å². The lowest BCUT2D eigenvalue weighted by Gasteiger charge is -2.32. The van der Waals surface area contributed by atoms with Gasteiger partial charge in [0.2, 0.25) is 21.8 Å². The van der Waals surface area contributed by atoms with Crippen LogP contribution in [-0.4, -0.2) is 51.0 Å². The molecule has 0 aromatic heterocycles. The van der Waals surface area contributed by atoms with E-state index >= 15 is 0 Å². The van der Waals surface area contributed by atoms with Gasteiger partial charge in [0.05, 0.1) is 22.0 Å². The lowest BCUT2D eigenvalue weighted by Crippen LogP contribution is -2.51. The second kappa shape index (κ2) is 10.8. The van der Waals surface area contributed by atoms with Crippen LogP contribution in [0.5, 0.6) is 0 Å². The molecular weight excluding hydrogens is 461 g/mol. The van der Waals surface area contributed by atoms with Crippen molar-refractivity contribution in [1.82, 2.24) is 10.2 Å². The lowest BCUT2D eigenvalue weighted by molar-refractivity contribution is -0.140. The van der Waals surface area contributed by atoms with Gasteiger partial charge in [0.15, 0.2) is 0 Å². The quantitative estimate of drug-likeness (QED) is 0.589. The first-order chi connectivity index (χ1) is 14.6. The van der Waals surface area contributed by atoms with Crippen LogP contribution in [0.2, 0.25) is 10.0 Å². The number of hydrogen-bond donors (Lipinski definition) is 1. The molecule has 0 heterocycles. The van der Waals surface area contributed by atoms with E-state index in [0.717, 1.165) is 10.6 Å². The van der Waals surface area contributed by atoms with E-state index in [9.17, 15) is 18.0 Å². The smallest absolute Gasteiger partial charge is 0.244 e. The number of carbonyl (C=O) groups excluding carboxylic acids is 2. The number of amides is 2. The van der Waals surface area contributed by atoms with Crippen LogP contribution in [0.15, 0.2) is 48.5 Å². The molecule has 0 bridgehead atoms. The standard InChI is InChI=1S/C21H25Cl2N3O4S/c1-4-19(21(28)24-2)25(13-15-10-11-17(22)18(23)12-15)20(27)14-26(31(3,29)30)16-8-6-5-7-9-16/h5-12,19H,4,13-14H2,1-3H3,(H,24,28). The van der Waals surface area contributed by atoms with Gasteiger partial charge in [0.1, 0.15) is 12.6 Å². The van der Waals surface area contributed by atoms with Crippen LogP contribution < -0.4 is 9.62 Å². The number of rotatable bonds is 9. The van der Waals surface area contributed by atoms with Crippen molar-refractivity contribution in [3.8, 4) is 0 Å². The van der Waals surface area contributed by atoms with Crippen LogP contribution in [0, 0.1) is 0 Å². The Balaban J connectivity index is 2.42. The number of carbonyl (C=O) groups is 2. The number of nitrogens with zero attached hydrogens (tertiary/aromatic N) is 2. The van der Waals surface area contributed by atoms with E-state index in [-0.39, 0.29) is 12.5 Å². The summed E-state index contributed by atoms with van der Waals surface area (Å²) in [6, 6.07) is 12.5. The van der Waals surface area contributed by atoms with Crippen molar-refractivity contribution in [1.29, 1.82) is 0 Å². The van der Waals surface area contributed by atoms with Crippen LogP contribution in [0.3, 0.4) is 0 Å². The average molecular weight is 486 g/mol. The van der Waals surface area contributed by atoms with Gasteiger partial charge in [-0.25, -0.2) is 8.42 Å². The Morgan fingerprint density at radius 3 is 2.23 bits per heavy atom. The highest BCUT2D eigenvalue weighted by atomic mass is 35.5. The SMILES string of the molecule is CCC(C(=O)NC)N(Cc1ccc(Cl)c(Cl)c1)C(=O)CN(c1ccccc1)S(C)(=O)=O. The number of anilines is 1. The first-order valence-electron chi connectivity index (χ1n) is 9.56. The van der Waals surface area contributed by atoms with Crippen molar-refractivity contribution in [2.24, 2.45) is 0 Å². The van der Waals surface area contributed by atoms with Crippen LogP contribution in [0.25, 0.3) is 0 Å². The molecule has 0 radical (unpaired) electrons. The van der Waals surface area contributed by atoms with E-state index in [2.05, 4.69) is 5.32 Å². The first kappa shape index (κ1) is 25.0. The number of likely N-dealkylation sites (N-methyl/N-ethyl adjacent to an activating group) is 1. The number of hydrogen-bond acceptors (Lipinski definition) is 4. The maximum absolute atomic E-state index is 13.3. The van der Waals surface area contributed by atoms with Crippen molar-refractivity contribution in [3.05, 3.63) is 64.1 Å². The Bertz CT molecular complexity index is 1030. The number of nitrogens with one attached hydrogen (secondary N) is 1.